The normalized spacial score (nSPS) is 18.4. The first-order valence-electron chi connectivity index (χ1n) is 8.31. The molecule has 1 unspecified atom stereocenters. The smallest absolute Gasteiger partial charge is 0.333 e. The number of carbonyl (C=O) groups excluding carboxylic acids is 2. The number of hydrogen-bond acceptors (Lipinski definition) is 5. The lowest BCUT2D eigenvalue weighted by molar-refractivity contribution is -0.151. The number of allylic oxidation sites excluding steroid dienone is 1. The molecule has 0 radical (unpaired) electrons. The molecule has 0 saturated carbocycles. The molecule has 1 atom stereocenters. The van der Waals surface area contributed by atoms with Gasteiger partial charge in [0.05, 0.1) is 25.7 Å². The lowest BCUT2D eigenvalue weighted by atomic mass is 9.98. The molecule has 1 aliphatic heterocycles. The quantitative estimate of drug-likeness (QED) is 0.554. The number of hydrogen-bond donors (Lipinski definition) is 0. The second-order valence-corrected chi connectivity index (χ2v) is 7.41. The van der Waals surface area contributed by atoms with Crippen LogP contribution < -0.4 is 0 Å². The summed E-state index contributed by atoms with van der Waals surface area (Å²) < 4.78 is 16.0. The minimum absolute atomic E-state index is 0.0470. The van der Waals surface area contributed by atoms with Gasteiger partial charge >= 0.3 is 11.9 Å². The standard InChI is InChI=1S/C18H30O5/c1-13(16(19)22-12-18(3,4)5)6-7-14(2)17(20)23-15-8-10-21-11-9-15/h7,13,15H,6,8-12H2,1-5H3. The summed E-state index contributed by atoms with van der Waals surface area (Å²) in [5.74, 6) is -0.822. The fourth-order valence-corrected chi connectivity index (χ4v) is 2.00. The average molecular weight is 326 g/mol. The van der Waals surface area contributed by atoms with Crippen molar-refractivity contribution >= 4 is 11.9 Å². The van der Waals surface area contributed by atoms with Gasteiger partial charge in [0.1, 0.15) is 6.10 Å². The third-order valence-corrected chi connectivity index (χ3v) is 3.59. The molecule has 1 saturated heterocycles. The van der Waals surface area contributed by atoms with Crippen molar-refractivity contribution in [1.82, 2.24) is 0 Å². The Morgan fingerprint density at radius 1 is 1.26 bits per heavy atom. The van der Waals surface area contributed by atoms with Crippen LogP contribution in [0.1, 0.15) is 53.9 Å². The van der Waals surface area contributed by atoms with Gasteiger partial charge in [0.25, 0.3) is 0 Å². The van der Waals surface area contributed by atoms with Crippen LogP contribution >= 0.6 is 0 Å². The summed E-state index contributed by atoms with van der Waals surface area (Å²) in [5.41, 5.74) is 0.487. The Balaban J connectivity index is 2.38. The molecule has 1 heterocycles. The third-order valence-electron chi connectivity index (χ3n) is 3.59. The molecule has 5 nitrogen and oxygen atoms in total. The molecule has 1 rings (SSSR count). The van der Waals surface area contributed by atoms with Crippen LogP contribution in [0.25, 0.3) is 0 Å². The summed E-state index contributed by atoms with van der Waals surface area (Å²) in [6.45, 7) is 11.2. The summed E-state index contributed by atoms with van der Waals surface area (Å²) in [5, 5.41) is 0. The van der Waals surface area contributed by atoms with Crippen molar-refractivity contribution in [3.05, 3.63) is 11.6 Å². The highest BCUT2D eigenvalue weighted by Crippen LogP contribution is 2.17. The van der Waals surface area contributed by atoms with Crippen LogP contribution in [0, 0.1) is 11.3 Å². The van der Waals surface area contributed by atoms with Crippen LogP contribution in [0.3, 0.4) is 0 Å². The Bertz CT molecular complexity index is 427. The van der Waals surface area contributed by atoms with E-state index in [2.05, 4.69) is 0 Å². The van der Waals surface area contributed by atoms with Crippen LogP contribution in [0.5, 0.6) is 0 Å². The van der Waals surface area contributed by atoms with Gasteiger partial charge in [0, 0.05) is 18.4 Å². The average Bonchev–Trinajstić information content (AvgIpc) is 2.50. The molecule has 1 aliphatic rings. The van der Waals surface area contributed by atoms with Gasteiger partial charge in [-0.05, 0) is 18.8 Å². The van der Waals surface area contributed by atoms with E-state index in [0.29, 0.717) is 31.8 Å². The zero-order chi connectivity index (χ0) is 17.5. The minimum atomic E-state index is -0.313. The first kappa shape index (κ1) is 19.7. The lowest BCUT2D eigenvalue weighted by Gasteiger charge is -2.22. The number of rotatable bonds is 6. The van der Waals surface area contributed by atoms with Crippen LogP contribution in [-0.4, -0.2) is 37.9 Å². The van der Waals surface area contributed by atoms with Crippen molar-refractivity contribution in [2.24, 2.45) is 11.3 Å². The maximum Gasteiger partial charge on any atom is 0.333 e. The van der Waals surface area contributed by atoms with E-state index in [4.69, 9.17) is 14.2 Å². The van der Waals surface area contributed by atoms with Crippen molar-refractivity contribution < 1.29 is 23.8 Å². The predicted octanol–water partition coefficient (Wildman–Crippen LogP) is 3.27. The molecule has 0 aliphatic carbocycles. The van der Waals surface area contributed by atoms with Gasteiger partial charge in [-0.15, -0.1) is 0 Å². The Hall–Kier alpha value is -1.36. The molecular weight excluding hydrogens is 296 g/mol. The number of esters is 2. The fourth-order valence-electron chi connectivity index (χ4n) is 2.00. The van der Waals surface area contributed by atoms with Crippen molar-refractivity contribution in [2.75, 3.05) is 19.8 Å². The molecule has 0 spiro atoms. The van der Waals surface area contributed by atoms with Crippen LogP contribution in [0.2, 0.25) is 0 Å². The van der Waals surface area contributed by atoms with E-state index in [9.17, 15) is 9.59 Å². The molecule has 132 valence electrons. The van der Waals surface area contributed by atoms with E-state index in [1.165, 1.54) is 0 Å². The second-order valence-electron chi connectivity index (χ2n) is 7.41. The van der Waals surface area contributed by atoms with Crippen LogP contribution in [-0.2, 0) is 23.8 Å². The summed E-state index contributed by atoms with van der Waals surface area (Å²) in [4.78, 5) is 23.9. The fraction of sp³-hybridized carbons (Fsp3) is 0.778. The van der Waals surface area contributed by atoms with Gasteiger partial charge in [-0.2, -0.15) is 0 Å². The van der Waals surface area contributed by atoms with E-state index in [1.54, 1.807) is 19.9 Å². The van der Waals surface area contributed by atoms with Gasteiger partial charge in [-0.1, -0.05) is 33.8 Å². The van der Waals surface area contributed by atoms with Gasteiger partial charge in [-0.25, -0.2) is 4.79 Å². The van der Waals surface area contributed by atoms with E-state index < -0.39 is 0 Å². The first-order chi connectivity index (χ1) is 10.7. The molecule has 0 N–H and O–H groups in total. The molecule has 1 fully saturated rings. The van der Waals surface area contributed by atoms with Crippen molar-refractivity contribution in [2.45, 2.75) is 60.0 Å². The van der Waals surface area contributed by atoms with Crippen LogP contribution in [0.15, 0.2) is 11.6 Å². The highest BCUT2D eigenvalue weighted by molar-refractivity contribution is 5.88. The molecule has 0 bridgehead atoms. The summed E-state index contributed by atoms with van der Waals surface area (Å²) in [6, 6.07) is 0. The van der Waals surface area contributed by atoms with Gasteiger partial charge in [0.2, 0.25) is 0 Å². The molecule has 0 aromatic rings. The molecule has 0 amide bonds. The SMILES string of the molecule is CC(=CCC(C)C(=O)OCC(C)(C)C)C(=O)OC1CCOCC1. The Labute approximate surface area is 139 Å². The zero-order valence-electron chi connectivity index (χ0n) is 15.0. The van der Waals surface area contributed by atoms with Crippen LogP contribution in [0.4, 0.5) is 0 Å². The molecule has 23 heavy (non-hydrogen) atoms. The summed E-state index contributed by atoms with van der Waals surface area (Å²) >= 11 is 0. The van der Waals surface area contributed by atoms with Gasteiger partial charge in [-0.3, -0.25) is 4.79 Å². The molecule has 5 heteroatoms. The van der Waals surface area contributed by atoms with Crippen molar-refractivity contribution in [1.29, 1.82) is 0 Å². The molecule has 0 aromatic carbocycles. The van der Waals surface area contributed by atoms with Crippen molar-refractivity contribution in [3.8, 4) is 0 Å². The zero-order valence-corrected chi connectivity index (χ0v) is 15.0. The minimum Gasteiger partial charge on any atom is -0.465 e. The van der Waals surface area contributed by atoms with Gasteiger partial charge in [0.15, 0.2) is 0 Å². The van der Waals surface area contributed by atoms with E-state index in [1.807, 2.05) is 20.8 Å². The Morgan fingerprint density at radius 3 is 2.43 bits per heavy atom. The largest absolute Gasteiger partial charge is 0.465 e. The number of carbonyl (C=O) groups is 2. The van der Waals surface area contributed by atoms with E-state index >= 15 is 0 Å². The Kier molecular flexibility index (Phi) is 7.76. The maximum absolute atomic E-state index is 12.0. The van der Waals surface area contributed by atoms with Gasteiger partial charge < -0.3 is 14.2 Å². The monoisotopic (exact) mass is 326 g/mol. The lowest BCUT2D eigenvalue weighted by Crippen LogP contribution is -2.26. The molecule has 0 aromatic heterocycles. The topological polar surface area (TPSA) is 61.8 Å². The summed E-state index contributed by atoms with van der Waals surface area (Å²) in [6.07, 6.45) is 3.65. The summed E-state index contributed by atoms with van der Waals surface area (Å²) in [7, 11) is 0. The van der Waals surface area contributed by atoms with Crippen molar-refractivity contribution in [3.63, 3.8) is 0 Å². The molecular formula is C18H30O5. The van der Waals surface area contributed by atoms with E-state index in [0.717, 1.165) is 12.8 Å². The predicted molar refractivity (Wildman–Crippen MR) is 87.9 cm³/mol. The maximum atomic E-state index is 12.0. The second kappa shape index (κ2) is 9.06. The highest BCUT2D eigenvalue weighted by atomic mass is 16.6. The first-order valence-corrected chi connectivity index (χ1v) is 8.31. The third kappa shape index (κ3) is 8.16. The Morgan fingerprint density at radius 2 is 1.87 bits per heavy atom. The van der Waals surface area contributed by atoms with E-state index in [-0.39, 0.29) is 29.4 Å². The highest BCUT2D eigenvalue weighted by Gasteiger charge is 2.20. The number of ether oxygens (including phenoxy) is 3.